The number of halogens is 3. The molecule has 1 aliphatic carbocycles. The topological polar surface area (TPSA) is 35.5 Å². The van der Waals surface area contributed by atoms with Gasteiger partial charge in [-0.05, 0) is 57.6 Å². The zero-order valence-electron chi connectivity index (χ0n) is 14.0. The van der Waals surface area contributed by atoms with Crippen molar-refractivity contribution in [2.75, 3.05) is 6.61 Å². The second kappa shape index (κ2) is 8.28. The summed E-state index contributed by atoms with van der Waals surface area (Å²) < 4.78 is 39.1. The number of carbonyl (C=O) groups is 1. The van der Waals surface area contributed by atoms with Gasteiger partial charge in [-0.25, -0.2) is 4.79 Å². The van der Waals surface area contributed by atoms with Crippen molar-refractivity contribution in [2.24, 2.45) is 5.92 Å². The number of hydrogen-bond acceptors (Lipinski definition) is 3. The van der Waals surface area contributed by atoms with Crippen molar-refractivity contribution < 1.29 is 23.0 Å². The quantitative estimate of drug-likeness (QED) is 0.604. The highest BCUT2D eigenvalue weighted by atomic mass is 79.9. The molecular formula is C18H23BrF2O3. The van der Waals surface area contributed by atoms with Crippen LogP contribution in [0.1, 0.15) is 44.6 Å². The van der Waals surface area contributed by atoms with E-state index in [1.54, 1.807) is 0 Å². The highest BCUT2D eigenvalue weighted by Gasteiger charge is 2.43. The van der Waals surface area contributed by atoms with Gasteiger partial charge in [0.1, 0.15) is 5.75 Å². The van der Waals surface area contributed by atoms with E-state index in [0.29, 0.717) is 12.8 Å². The SMILES string of the molecule is CCOC(=O)C(F)(F)CC1CCC(Oc2cccc(Br)c2C)CC1. The third-order valence-electron chi connectivity index (χ3n) is 4.42. The Morgan fingerprint density at radius 2 is 1.96 bits per heavy atom. The molecule has 0 saturated heterocycles. The number of hydrogen-bond donors (Lipinski definition) is 0. The number of rotatable bonds is 6. The first-order chi connectivity index (χ1) is 11.3. The Hall–Kier alpha value is -1.17. The second-order valence-corrected chi connectivity index (χ2v) is 7.11. The minimum atomic E-state index is -3.39. The van der Waals surface area contributed by atoms with Crippen LogP contribution in [0.25, 0.3) is 0 Å². The fourth-order valence-corrected chi connectivity index (χ4v) is 3.38. The Morgan fingerprint density at radius 3 is 2.58 bits per heavy atom. The molecule has 0 N–H and O–H groups in total. The molecule has 0 bridgehead atoms. The predicted octanol–water partition coefficient (Wildman–Crippen LogP) is 5.28. The lowest BCUT2D eigenvalue weighted by Gasteiger charge is -2.31. The van der Waals surface area contributed by atoms with Gasteiger partial charge in [-0.3, -0.25) is 0 Å². The lowest BCUT2D eigenvalue weighted by atomic mass is 9.83. The van der Waals surface area contributed by atoms with Crippen LogP contribution < -0.4 is 4.74 Å². The molecule has 3 nitrogen and oxygen atoms in total. The van der Waals surface area contributed by atoms with Crippen LogP contribution in [-0.2, 0) is 9.53 Å². The van der Waals surface area contributed by atoms with Crippen molar-refractivity contribution in [3.63, 3.8) is 0 Å². The Bertz CT molecular complexity index is 569. The number of esters is 1. The summed E-state index contributed by atoms with van der Waals surface area (Å²) in [4.78, 5) is 11.3. The van der Waals surface area contributed by atoms with Gasteiger partial charge in [-0.15, -0.1) is 0 Å². The first-order valence-corrected chi connectivity index (χ1v) is 9.09. The average molecular weight is 405 g/mol. The van der Waals surface area contributed by atoms with Gasteiger partial charge < -0.3 is 9.47 Å². The van der Waals surface area contributed by atoms with Crippen LogP contribution in [0.5, 0.6) is 5.75 Å². The Morgan fingerprint density at radius 1 is 1.29 bits per heavy atom. The van der Waals surface area contributed by atoms with Crippen molar-refractivity contribution in [1.82, 2.24) is 0 Å². The Kier molecular flexibility index (Phi) is 6.61. The minimum Gasteiger partial charge on any atom is -0.490 e. The van der Waals surface area contributed by atoms with Crippen LogP contribution in [0.2, 0.25) is 0 Å². The molecule has 134 valence electrons. The fraction of sp³-hybridized carbons (Fsp3) is 0.611. The number of carbonyl (C=O) groups excluding carboxylic acids is 1. The third kappa shape index (κ3) is 4.91. The molecule has 0 heterocycles. The first-order valence-electron chi connectivity index (χ1n) is 8.30. The van der Waals surface area contributed by atoms with Crippen molar-refractivity contribution in [3.05, 3.63) is 28.2 Å². The standard InChI is InChI=1S/C18H23BrF2O3/c1-3-23-17(22)18(20,21)11-13-7-9-14(10-8-13)24-16-6-4-5-15(19)12(16)2/h4-6,13-14H,3,7-11H2,1-2H3. The Balaban J connectivity index is 1.85. The van der Waals surface area contributed by atoms with E-state index in [4.69, 9.17) is 4.74 Å². The summed E-state index contributed by atoms with van der Waals surface area (Å²) in [5.74, 6) is -4.15. The zero-order chi connectivity index (χ0) is 17.7. The van der Waals surface area contributed by atoms with E-state index < -0.39 is 18.3 Å². The van der Waals surface area contributed by atoms with E-state index in [-0.39, 0.29) is 18.6 Å². The minimum absolute atomic E-state index is 0.0268. The molecule has 0 aromatic heterocycles. The summed E-state index contributed by atoms with van der Waals surface area (Å²) >= 11 is 3.47. The molecule has 1 aliphatic rings. The fourth-order valence-electron chi connectivity index (χ4n) is 3.03. The molecule has 0 aliphatic heterocycles. The smallest absolute Gasteiger partial charge is 0.376 e. The predicted molar refractivity (Wildman–Crippen MR) is 91.5 cm³/mol. The van der Waals surface area contributed by atoms with Crippen molar-refractivity contribution in [2.45, 2.75) is 58.0 Å². The number of ether oxygens (including phenoxy) is 2. The molecule has 1 saturated carbocycles. The molecule has 24 heavy (non-hydrogen) atoms. The molecule has 1 aromatic rings. The largest absolute Gasteiger partial charge is 0.490 e. The summed E-state index contributed by atoms with van der Waals surface area (Å²) in [5, 5.41) is 0. The van der Waals surface area contributed by atoms with Gasteiger partial charge in [0, 0.05) is 16.5 Å². The molecular weight excluding hydrogens is 382 g/mol. The zero-order valence-corrected chi connectivity index (χ0v) is 15.6. The van der Waals surface area contributed by atoms with Gasteiger partial charge in [0.15, 0.2) is 0 Å². The second-order valence-electron chi connectivity index (χ2n) is 6.25. The van der Waals surface area contributed by atoms with Crippen molar-refractivity contribution >= 4 is 21.9 Å². The lowest BCUT2D eigenvalue weighted by molar-refractivity contribution is -0.174. The number of benzene rings is 1. The molecule has 1 fully saturated rings. The lowest BCUT2D eigenvalue weighted by Crippen LogP contribution is -2.35. The van der Waals surface area contributed by atoms with Crippen LogP contribution in [0.15, 0.2) is 22.7 Å². The third-order valence-corrected chi connectivity index (χ3v) is 5.28. The molecule has 0 amide bonds. The van der Waals surface area contributed by atoms with Crippen LogP contribution >= 0.6 is 15.9 Å². The maximum absolute atomic E-state index is 13.8. The number of alkyl halides is 2. The summed E-state index contributed by atoms with van der Waals surface area (Å²) in [6, 6.07) is 5.79. The van der Waals surface area contributed by atoms with E-state index in [1.165, 1.54) is 6.92 Å². The van der Waals surface area contributed by atoms with Crippen molar-refractivity contribution in [3.8, 4) is 5.75 Å². The van der Waals surface area contributed by atoms with Gasteiger partial charge in [0.05, 0.1) is 12.7 Å². The summed E-state index contributed by atoms with van der Waals surface area (Å²) in [6.45, 7) is 3.48. The van der Waals surface area contributed by atoms with Crippen LogP contribution in [0.4, 0.5) is 8.78 Å². The van der Waals surface area contributed by atoms with E-state index in [0.717, 1.165) is 28.6 Å². The van der Waals surface area contributed by atoms with Crippen LogP contribution in [-0.4, -0.2) is 24.6 Å². The van der Waals surface area contributed by atoms with E-state index in [1.807, 2.05) is 25.1 Å². The highest BCUT2D eigenvalue weighted by molar-refractivity contribution is 9.10. The maximum Gasteiger partial charge on any atom is 0.376 e. The summed E-state index contributed by atoms with van der Waals surface area (Å²) in [7, 11) is 0. The highest BCUT2D eigenvalue weighted by Crippen LogP contribution is 2.36. The molecule has 1 aromatic carbocycles. The maximum atomic E-state index is 13.8. The molecule has 6 heteroatoms. The summed E-state index contributed by atoms with van der Waals surface area (Å²) in [5.41, 5.74) is 1.04. The van der Waals surface area contributed by atoms with Crippen molar-refractivity contribution in [1.29, 1.82) is 0 Å². The monoisotopic (exact) mass is 404 g/mol. The molecule has 0 atom stereocenters. The molecule has 0 spiro atoms. The van der Waals surface area contributed by atoms with Gasteiger partial charge in [0.2, 0.25) is 0 Å². The molecule has 0 radical (unpaired) electrons. The normalized spacial score (nSPS) is 21.4. The van der Waals surface area contributed by atoms with E-state index in [9.17, 15) is 13.6 Å². The van der Waals surface area contributed by atoms with Crippen LogP contribution in [0.3, 0.4) is 0 Å². The van der Waals surface area contributed by atoms with Gasteiger partial charge in [0.25, 0.3) is 0 Å². The average Bonchev–Trinajstić information content (AvgIpc) is 2.53. The van der Waals surface area contributed by atoms with Gasteiger partial charge >= 0.3 is 11.9 Å². The van der Waals surface area contributed by atoms with Gasteiger partial charge in [-0.2, -0.15) is 8.78 Å². The van der Waals surface area contributed by atoms with Gasteiger partial charge in [-0.1, -0.05) is 22.0 Å². The Labute approximate surface area is 149 Å². The summed E-state index contributed by atoms with van der Waals surface area (Å²) in [6.07, 6.45) is 2.30. The van der Waals surface area contributed by atoms with E-state index >= 15 is 0 Å². The van der Waals surface area contributed by atoms with E-state index in [2.05, 4.69) is 20.7 Å². The molecule has 0 unspecified atom stereocenters. The molecule has 2 rings (SSSR count). The first kappa shape index (κ1) is 19.2. The van der Waals surface area contributed by atoms with Crippen LogP contribution in [0, 0.1) is 12.8 Å².